The molecule has 0 saturated heterocycles. The second-order valence-electron chi connectivity index (χ2n) is 5.43. The molecule has 0 unspecified atom stereocenters. The predicted molar refractivity (Wildman–Crippen MR) is 75.6 cm³/mol. The molecule has 0 fully saturated rings. The number of rotatable bonds is 4. The summed E-state index contributed by atoms with van der Waals surface area (Å²) in [6.07, 6.45) is 8.09. The van der Waals surface area contributed by atoms with Gasteiger partial charge in [-0.1, -0.05) is 0 Å². The minimum Gasteiger partial charge on any atom is -0.468 e. The van der Waals surface area contributed by atoms with Crippen molar-refractivity contribution in [1.82, 2.24) is 19.7 Å². The van der Waals surface area contributed by atoms with Gasteiger partial charge in [-0.15, -0.1) is 5.10 Å². The molecule has 0 atom stereocenters. The molecule has 0 aliphatic heterocycles. The van der Waals surface area contributed by atoms with E-state index in [2.05, 4.69) is 33.6 Å². The monoisotopic (exact) mass is 272 g/mol. The molecule has 0 saturated carbocycles. The molecule has 2 heterocycles. The zero-order valence-corrected chi connectivity index (χ0v) is 12.0. The molecular weight excluding hydrogens is 252 g/mol. The van der Waals surface area contributed by atoms with Crippen LogP contribution < -0.4 is 4.74 Å². The lowest BCUT2D eigenvalue weighted by Gasteiger charge is -2.15. The third-order valence-electron chi connectivity index (χ3n) is 3.62. The van der Waals surface area contributed by atoms with Gasteiger partial charge in [0.15, 0.2) is 5.82 Å². The highest BCUT2D eigenvalue weighted by Gasteiger charge is 2.23. The number of hydrogen-bond donors (Lipinski definition) is 0. The van der Waals surface area contributed by atoms with Crippen LogP contribution in [0.2, 0.25) is 0 Å². The van der Waals surface area contributed by atoms with Crippen molar-refractivity contribution in [3.8, 4) is 5.88 Å². The van der Waals surface area contributed by atoms with Crippen molar-refractivity contribution in [1.29, 1.82) is 0 Å². The maximum Gasteiger partial charge on any atom is 0.236 e. The number of fused-ring (bicyclic) bond motifs is 1. The number of aromatic nitrogens is 4. The molecule has 0 spiro atoms. The van der Waals surface area contributed by atoms with Crippen LogP contribution in [0.5, 0.6) is 5.88 Å². The summed E-state index contributed by atoms with van der Waals surface area (Å²) >= 11 is 0. The van der Waals surface area contributed by atoms with E-state index in [1.807, 2.05) is 0 Å². The summed E-state index contributed by atoms with van der Waals surface area (Å²) in [5.74, 6) is 1.46. The van der Waals surface area contributed by atoms with Crippen LogP contribution in [0, 0.1) is 0 Å². The molecule has 0 N–H and O–H groups in total. The smallest absolute Gasteiger partial charge is 0.236 e. The van der Waals surface area contributed by atoms with Gasteiger partial charge < -0.3 is 4.74 Å². The summed E-state index contributed by atoms with van der Waals surface area (Å²) in [4.78, 5) is 8.35. The van der Waals surface area contributed by atoms with Crippen LogP contribution in [0.1, 0.15) is 49.8 Å². The fraction of sp³-hybridized carbons (Fsp3) is 0.533. The van der Waals surface area contributed by atoms with Gasteiger partial charge in [-0.05, 0) is 45.6 Å². The number of ether oxygens (including phenoxy) is 1. The van der Waals surface area contributed by atoms with E-state index >= 15 is 0 Å². The first-order valence-corrected chi connectivity index (χ1v) is 7.24. The van der Waals surface area contributed by atoms with E-state index < -0.39 is 0 Å². The van der Waals surface area contributed by atoms with Crippen LogP contribution in [-0.2, 0) is 19.4 Å². The summed E-state index contributed by atoms with van der Waals surface area (Å²) < 4.78 is 7.97. The van der Waals surface area contributed by atoms with Crippen molar-refractivity contribution in [2.45, 2.75) is 52.2 Å². The highest BCUT2D eigenvalue weighted by Crippen LogP contribution is 2.31. The van der Waals surface area contributed by atoms with Crippen molar-refractivity contribution in [3.63, 3.8) is 0 Å². The van der Waals surface area contributed by atoms with Gasteiger partial charge in [-0.3, -0.25) is 4.68 Å². The zero-order valence-electron chi connectivity index (χ0n) is 12.0. The van der Waals surface area contributed by atoms with Gasteiger partial charge in [0.25, 0.3) is 0 Å². The standard InChI is InChI=1S/C15H20N4O/c1-11(2)19-13-7-4-3-6-12(13)15(18-19)20-10-14-16-8-5-9-17-14/h5,8-9,11H,3-4,6-7,10H2,1-2H3. The van der Waals surface area contributed by atoms with Crippen molar-refractivity contribution < 1.29 is 4.74 Å². The van der Waals surface area contributed by atoms with Crippen LogP contribution in [0.25, 0.3) is 0 Å². The van der Waals surface area contributed by atoms with Crippen molar-refractivity contribution in [2.75, 3.05) is 0 Å². The molecule has 5 heteroatoms. The normalized spacial score (nSPS) is 14.3. The molecule has 106 valence electrons. The minimum absolute atomic E-state index is 0.368. The average molecular weight is 272 g/mol. The van der Waals surface area contributed by atoms with Crippen molar-refractivity contribution in [3.05, 3.63) is 35.5 Å². The summed E-state index contributed by atoms with van der Waals surface area (Å²) in [5, 5.41) is 4.65. The van der Waals surface area contributed by atoms with E-state index in [4.69, 9.17) is 4.74 Å². The molecule has 3 rings (SSSR count). The molecule has 1 aliphatic rings. The largest absolute Gasteiger partial charge is 0.468 e. The minimum atomic E-state index is 0.368. The first-order chi connectivity index (χ1) is 9.75. The second kappa shape index (κ2) is 5.61. The molecule has 0 bridgehead atoms. The first-order valence-electron chi connectivity index (χ1n) is 7.24. The molecule has 1 aliphatic carbocycles. The van der Waals surface area contributed by atoms with E-state index in [0.717, 1.165) is 18.7 Å². The quantitative estimate of drug-likeness (QED) is 0.858. The lowest BCUT2D eigenvalue weighted by molar-refractivity contribution is 0.276. The van der Waals surface area contributed by atoms with Gasteiger partial charge in [0.2, 0.25) is 5.88 Å². The molecule has 0 aromatic carbocycles. The lowest BCUT2D eigenvalue weighted by Crippen LogP contribution is -2.11. The fourth-order valence-electron chi connectivity index (χ4n) is 2.67. The summed E-state index contributed by atoms with van der Waals surface area (Å²) in [5.41, 5.74) is 2.62. The topological polar surface area (TPSA) is 52.8 Å². The Morgan fingerprint density at radius 3 is 2.70 bits per heavy atom. The van der Waals surface area contributed by atoms with Crippen molar-refractivity contribution in [2.24, 2.45) is 0 Å². The lowest BCUT2D eigenvalue weighted by atomic mass is 9.97. The molecule has 0 radical (unpaired) electrons. The highest BCUT2D eigenvalue weighted by molar-refractivity contribution is 5.33. The second-order valence-corrected chi connectivity index (χ2v) is 5.43. The Bertz CT molecular complexity index is 577. The Hall–Kier alpha value is -1.91. The number of nitrogens with zero attached hydrogens (tertiary/aromatic N) is 4. The predicted octanol–water partition coefficient (Wildman–Crippen LogP) is 2.71. The first kappa shape index (κ1) is 13.1. The van der Waals surface area contributed by atoms with Crippen LogP contribution in [0.4, 0.5) is 0 Å². The molecule has 5 nitrogen and oxygen atoms in total. The van der Waals surface area contributed by atoms with Gasteiger partial charge in [-0.25, -0.2) is 9.97 Å². The summed E-state index contributed by atoms with van der Waals surface area (Å²) in [7, 11) is 0. The van der Waals surface area contributed by atoms with Crippen LogP contribution >= 0.6 is 0 Å². The third-order valence-corrected chi connectivity index (χ3v) is 3.62. The van der Waals surface area contributed by atoms with E-state index in [9.17, 15) is 0 Å². The van der Waals surface area contributed by atoms with Gasteiger partial charge in [0.1, 0.15) is 6.61 Å². The van der Waals surface area contributed by atoms with E-state index in [1.165, 1.54) is 24.1 Å². The maximum absolute atomic E-state index is 5.86. The highest BCUT2D eigenvalue weighted by atomic mass is 16.5. The van der Waals surface area contributed by atoms with Crippen molar-refractivity contribution >= 4 is 0 Å². The fourth-order valence-corrected chi connectivity index (χ4v) is 2.67. The average Bonchev–Trinajstić information content (AvgIpc) is 2.85. The Morgan fingerprint density at radius 2 is 1.95 bits per heavy atom. The Morgan fingerprint density at radius 1 is 1.20 bits per heavy atom. The Balaban J connectivity index is 1.82. The molecule has 20 heavy (non-hydrogen) atoms. The van der Waals surface area contributed by atoms with Gasteiger partial charge in [0.05, 0.1) is 0 Å². The third kappa shape index (κ3) is 2.53. The van der Waals surface area contributed by atoms with E-state index in [0.29, 0.717) is 18.5 Å². The molecular formula is C15H20N4O. The SMILES string of the molecule is CC(C)n1nc(OCc2ncccn2)c2c1CCCC2. The van der Waals surface area contributed by atoms with E-state index in [1.54, 1.807) is 18.5 Å². The zero-order chi connectivity index (χ0) is 13.9. The van der Waals surface area contributed by atoms with Gasteiger partial charge in [-0.2, -0.15) is 0 Å². The van der Waals surface area contributed by atoms with Crippen LogP contribution in [0.15, 0.2) is 18.5 Å². The molecule has 2 aromatic heterocycles. The van der Waals surface area contributed by atoms with Gasteiger partial charge in [0, 0.05) is 29.7 Å². The summed E-state index contributed by atoms with van der Waals surface area (Å²) in [6, 6.07) is 2.17. The summed E-state index contributed by atoms with van der Waals surface area (Å²) in [6.45, 7) is 4.69. The van der Waals surface area contributed by atoms with Crippen LogP contribution in [0.3, 0.4) is 0 Å². The Labute approximate surface area is 119 Å². The van der Waals surface area contributed by atoms with E-state index in [-0.39, 0.29) is 0 Å². The van der Waals surface area contributed by atoms with Gasteiger partial charge >= 0.3 is 0 Å². The maximum atomic E-state index is 5.86. The Kier molecular flexibility index (Phi) is 3.67. The van der Waals surface area contributed by atoms with Crippen LogP contribution in [-0.4, -0.2) is 19.7 Å². The molecule has 2 aromatic rings. The number of hydrogen-bond acceptors (Lipinski definition) is 4. The molecule has 0 amide bonds.